The van der Waals surface area contributed by atoms with E-state index in [1.807, 2.05) is 42.5 Å². The van der Waals surface area contributed by atoms with Gasteiger partial charge in [-0.05, 0) is 36.2 Å². The summed E-state index contributed by atoms with van der Waals surface area (Å²) in [6.45, 7) is 2.12. The molecular weight excluding hydrogens is 314 g/mol. The minimum absolute atomic E-state index is 0.137. The fourth-order valence-corrected chi connectivity index (χ4v) is 2.60. The average molecular weight is 331 g/mol. The number of para-hydroxylation sites is 1. The van der Waals surface area contributed by atoms with E-state index in [1.165, 1.54) is 5.56 Å². The highest BCUT2D eigenvalue weighted by atomic mass is 16.3. The second-order valence-corrected chi connectivity index (χ2v) is 5.66. The molecule has 2 aromatic heterocycles. The Balaban J connectivity index is 1.67. The van der Waals surface area contributed by atoms with Crippen LogP contribution < -0.4 is 11.1 Å². The molecule has 0 saturated carbocycles. The van der Waals surface area contributed by atoms with Crippen molar-refractivity contribution in [2.24, 2.45) is 0 Å². The van der Waals surface area contributed by atoms with Crippen molar-refractivity contribution in [3.05, 3.63) is 60.2 Å². The first-order chi connectivity index (χ1) is 12.2. The number of nitrogens with zero attached hydrogens (tertiary/aromatic N) is 3. The van der Waals surface area contributed by atoms with Gasteiger partial charge in [0.2, 0.25) is 17.7 Å². The number of aromatic nitrogens is 3. The van der Waals surface area contributed by atoms with Crippen LogP contribution >= 0.6 is 0 Å². The van der Waals surface area contributed by atoms with Crippen LogP contribution in [0.15, 0.2) is 59.0 Å². The maximum Gasteiger partial charge on any atom is 0.232 e. The summed E-state index contributed by atoms with van der Waals surface area (Å²) in [5.74, 6) is 1.47. The van der Waals surface area contributed by atoms with Crippen LogP contribution in [0.1, 0.15) is 12.5 Å². The molecule has 4 rings (SSSR count). The van der Waals surface area contributed by atoms with E-state index in [0.29, 0.717) is 17.5 Å². The summed E-state index contributed by atoms with van der Waals surface area (Å²) in [6, 6.07) is 17.7. The second-order valence-electron chi connectivity index (χ2n) is 5.66. The van der Waals surface area contributed by atoms with E-state index < -0.39 is 0 Å². The Kier molecular flexibility index (Phi) is 3.78. The molecule has 0 fully saturated rings. The molecule has 0 aliphatic rings. The largest absolute Gasteiger partial charge is 0.453 e. The van der Waals surface area contributed by atoms with Crippen LogP contribution in [-0.2, 0) is 6.42 Å². The van der Waals surface area contributed by atoms with Crippen molar-refractivity contribution in [3.63, 3.8) is 0 Å². The average Bonchev–Trinajstić information content (AvgIpc) is 3.06. The number of aryl methyl sites for hydroxylation is 1. The second kappa shape index (κ2) is 6.24. The standard InChI is InChI=1S/C19H17N5O/c1-2-12-7-9-14(10-8-12)21-19-23-17(22-18(20)24-19)16-11-13-5-3-4-6-15(13)25-16/h3-11H,2H2,1H3,(H3,20,21,22,23,24). The number of furan rings is 1. The SMILES string of the molecule is CCc1ccc(Nc2nc(N)nc(-c3cc4ccccc4o3)n2)cc1. The van der Waals surface area contributed by atoms with Crippen LogP contribution in [0.4, 0.5) is 17.6 Å². The summed E-state index contributed by atoms with van der Waals surface area (Å²) in [7, 11) is 0. The van der Waals surface area contributed by atoms with Crippen molar-refractivity contribution in [1.29, 1.82) is 0 Å². The molecule has 0 saturated heterocycles. The third-order valence-electron chi connectivity index (χ3n) is 3.92. The summed E-state index contributed by atoms with van der Waals surface area (Å²) in [5, 5.41) is 4.14. The number of hydrogen-bond acceptors (Lipinski definition) is 6. The van der Waals surface area contributed by atoms with Gasteiger partial charge in [0.25, 0.3) is 0 Å². The Bertz CT molecular complexity index is 991. The lowest BCUT2D eigenvalue weighted by Gasteiger charge is -2.07. The van der Waals surface area contributed by atoms with E-state index in [1.54, 1.807) is 0 Å². The molecule has 0 amide bonds. The van der Waals surface area contributed by atoms with E-state index in [4.69, 9.17) is 10.2 Å². The van der Waals surface area contributed by atoms with Gasteiger partial charge in [0.05, 0.1) is 0 Å². The summed E-state index contributed by atoms with van der Waals surface area (Å²) in [6.07, 6.45) is 0.995. The summed E-state index contributed by atoms with van der Waals surface area (Å²) >= 11 is 0. The van der Waals surface area contributed by atoms with Crippen LogP contribution in [0.2, 0.25) is 0 Å². The first kappa shape index (κ1) is 15.1. The van der Waals surface area contributed by atoms with Gasteiger partial charge in [-0.1, -0.05) is 37.3 Å². The molecule has 0 aliphatic heterocycles. The number of fused-ring (bicyclic) bond motifs is 1. The Morgan fingerprint density at radius 1 is 1.00 bits per heavy atom. The van der Waals surface area contributed by atoms with E-state index >= 15 is 0 Å². The lowest BCUT2D eigenvalue weighted by molar-refractivity contribution is 0.625. The zero-order valence-electron chi connectivity index (χ0n) is 13.7. The fourth-order valence-electron chi connectivity index (χ4n) is 2.60. The highest BCUT2D eigenvalue weighted by molar-refractivity contribution is 5.81. The molecule has 25 heavy (non-hydrogen) atoms. The van der Waals surface area contributed by atoms with E-state index in [2.05, 4.69) is 39.3 Å². The normalized spacial score (nSPS) is 10.9. The molecule has 6 heteroatoms. The maximum absolute atomic E-state index is 5.85. The van der Waals surface area contributed by atoms with E-state index in [-0.39, 0.29) is 5.95 Å². The number of rotatable bonds is 4. The third kappa shape index (κ3) is 3.14. The first-order valence-corrected chi connectivity index (χ1v) is 8.08. The predicted octanol–water partition coefficient (Wildman–Crippen LogP) is 4.17. The van der Waals surface area contributed by atoms with Crippen LogP contribution in [0.5, 0.6) is 0 Å². The van der Waals surface area contributed by atoms with Gasteiger partial charge >= 0.3 is 0 Å². The van der Waals surface area contributed by atoms with Gasteiger partial charge < -0.3 is 15.5 Å². The number of benzene rings is 2. The minimum Gasteiger partial charge on any atom is -0.453 e. The zero-order valence-corrected chi connectivity index (χ0v) is 13.7. The van der Waals surface area contributed by atoms with Gasteiger partial charge in [-0.3, -0.25) is 0 Å². The van der Waals surface area contributed by atoms with Crippen molar-refractivity contribution in [3.8, 4) is 11.6 Å². The molecule has 0 radical (unpaired) electrons. The molecule has 0 atom stereocenters. The molecule has 3 N–H and O–H groups in total. The number of nitrogens with one attached hydrogen (secondary N) is 1. The van der Waals surface area contributed by atoms with Gasteiger partial charge in [-0.2, -0.15) is 15.0 Å². The summed E-state index contributed by atoms with van der Waals surface area (Å²) in [5.41, 5.74) is 8.78. The van der Waals surface area contributed by atoms with Crippen LogP contribution in [0, 0.1) is 0 Å². The van der Waals surface area contributed by atoms with Crippen molar-refractivity contribution in [2.75, 3.05) is 11.1 Å². The molecule has 2 aromatic carbocycles. The maximum atomic E-state index is 5.85. The zero-order chi connectivity index (χ0) is 17.2. The highest BCUT2D eigenvalue weighted by Gasteiger charge is 2.12. The third-order valence-corrected chi connectivity index (χ3v) is 3.92. The monoisotopic (exact) mass is 331 g/mol. The lowest BCUT2D eigenvalue weighted by atomic mass is 10.1. The van der Waals surface area contributed by atoms with Gasteiger partial charge in [-0.15, -0.1) is 0 Å². The molecule has 0 unspecified atom stereocenters. The quantitative estimate of drug-likeness (QED) is 0.583. The topological polar surface area (TPSA) is 89.9 Å². The van der Waals surface area contributed by atoms with Crippen molar-refractivity contribution < 1.29 is 4.42 Å². The molecule has 4 aromatic rings. The summed E-state index contributed by atoms with van der Waals surface area (Å²) < 4.78 is 5.81. The molecule has 0 bridgehead atoms. The van der Waals surface area contributed by atoms with Gasteiger partial charge in [-0.25, -0.2) is 0 Å². The molecule has 124 valence electrons. The highest BCUT2D eigenvalue weighted by Crippen LogP contribution is 2.26. The van der Waals surface area contributed by atoms with Gasteiger partial charge in [0.1, 0.15) is 5.58 Å². The Labute approximate surface area is 144 Å². The smallest absolute Gasteiger partial charge is 0.232 e. The molecule has 2 heterocycles. The lowest BCUT2D eigenvalue weighted by Crippen LogP contribution is -2.04. The van der Waals surface area contributed by atoms with Crippen LogP contribution in [-0.4, -0.2) is 15.0 Å². The Hall–Kier alpha value is -3.41. The van der Waals surface area contributed by atoms with Crippen molar-refractivity contribution in [1.82, 2.24) is 15.0 Å². The summed E-state index contributed by atoms with van der Waals surface area (Å²) in [4.78, 5) is 12.8. The first-order valence-electron chi connectivity index (χ1n) is 8.08. The van der Waals surface area contributed by atoms with E-state index in [9.17, 15) is 0 Å². The Morgan fingerprint density at radius 3 is 2.56 bits per heavy atom. The molecule has 0 spiro atoms. The minimum atomic E-state index is 0.137. The number of hydrogen-bond donors (Lipinski definition) is 2. The number of nitrogen functional groups attached to an aromatic ring is 1. The van der Waals surface area contributed by atoms with Crippen LogP contribution in [0.3, 0.4) is 0 Å². The number of anilines is 3. The Morgan fingerprint density at radius 2 is 1.80 bits per heavy atom. The number of nitrogens with two attached hydrogens (primary N) is 1. The van der Waals surface area contributed by atoms with Gasteiger partial charge in [0.15, 0.2) is 5.76 Å². The van der Waals surface area contributed by atoms with Gasteiger partial charge in [0, 0.05) is 11.1 Å². The van der Waals surface area contributed by atoms with E-state index in [0.717, 1.165) is 23.1 Å². The molecule has 6 nitrogen and oxygen atoms in total. The fraction of sp³-hybridized carbons (Fsp3) is 0.105. The molecular formula is C19H17N5O. The van der Waals surface area contributed by atoms with Crippen LogP contribution in [0.25, 0.3) is 22.6 Å². The van der Waals surface area contributed by atoms with Crippen molar-refractivity contribution >= 4 is 28.6 Å². The predicted molar refractivity (Wildman–Crippen MR) is 98.6 cm³/mol. The van der Waals surface area contributed by atoms with Crippen molar-refractivity contribution in [2.45, 2.75) is 13.3 Å². The molecule has 0 aliphatic carbocycles.